The molecule has 0 radical (unpaired) electrons. The molecule has 0 aliphatic carbocycles. The maximum absolute atomic E-state index is 9.39. The molecule has 1 atom stereocenters. The maximum Gasteiger partial charge on any atom is 0.153 e. The van der Waals surface area contributed by atoms with Gasteiger partial charge in [-0.3, -0.25) is 0 Å². The van der Waals surface area contributed by atoms with Gasteiger partial charge in [0, 0.05) is 23.5 Å². The molecule has 3 N–H and O–H groups in total. The Bertz CT molecular complexity index is 1200. The van der Waals surface area contributed by atoms with Gasteiger partial charge in [0.1, 0.15) is 29.6 Å². The molecule has 8 heteroatoms. The number of fused-ring (bicyclic) bond motifs is 1. The Kier molecular flexibility index (Phi) is 4.33. The van der Waals surface area contributed by atoms with Gasteiger partial charge in [-0.25, -0.2) is 19.5 Å². The number of nitrogens with zero attached hydrogens (tertiary/aromatic N) is 6. The second-order valence-electron chi connectivity index (χ2n) is 6.45. The molecule has 0 amide bonds. The fourth-order valence-electron chi connectivity index (χ4n) is 3.15. The summed E-state index contributed by atoms with van der Waals surface area (Å²) in [5.41, 5.74) is 10.7. The Labute approximate surface area is 161 Å². The quantitative estimate of drug-likeness (QED) is 0.566. The van der Waals surface area contributed by atoms with Crippen LogP contribution >= 0.6 is 0 Å². The van der Waals surface area contributed by atoms with Crippen LogP contribution in [0.2, 0.25) is 0 Å². The van der Waals surface area contributed by atoms with Crippen LogP contribution in [0, 0.1) is 18.3 Å². The maximum atomic E-state index is 9.39. The summed E-state index contributed by atoms with van der Waals surface area (Å²) < 4.78 is 1.75. The van der Waals surface area contributed by atoms with Crippen LogP contribution in [-0.2, 0) is 0 Å². The van der Waals surface area contributed by atoms with Crippen molar-refractivity contribution >= 4 is 17.3 Å². The summed E-state index contributed by atoms with van der Waals surface area (Å²) in [6.07, 6.45) is 4.87. The molecule has 4 aromatic rings. The van der Waals surface area contributed by atoms with Gasteiger partial charge in [-0.15, -0.1) is 0 Å². The zero-order valence-electron chi connectivity index (χ0n) is 15.5. The zero-order chi connectivity index (χ0) is 19.7. The third-order valence-corrected chi connectivity index (χ3v) is 4.62. The van der Waals surface area contributed by atoms with E-state index in [1.807, 2.05) is 37.4 Å². The van der Waals surface area contributed by atoms with Gasteiger partial charge < -0.3 is 11.1 Å². The normalized spacial score (nSPS) is 11.9. The van der Waals surface area contributed by atoms with Crippen molar-refractivity contribution in [1.29, 1.82) is 5.26 Å². The Morgan fingerprint density at radius 1 is 1.21 bits per heavy atom. The molecule has 0 saturated carbocycles. The topological polar surface area (TPSA) is 118 Å². The highest BCUT2D eigenvalue weighted by Crippen LogP contribution is 2.31. The van der Waals surface area contributed by atoms with Crippen molar-refractivity contribution in [1.82, 2.24) is 24.6 Å². The molecule has 8 nitrogen and oxygen atoms in total. The molecule has 0 fully saturated rings. The largest absolute Gasteiger partial charge is 0.382 e. The zero-order valence-corrected chi connectivity index (χ0v) is 15.5. The van der Waals surface area contributed by atoms with E-state index >= 15 is 0 Å². The molecule has 0 aliphatic rings. The van der Waals surface area contributed by atoms with Crippen LogP contribution in [0.3, 0.4) is 0 Å². The number of nitriles is 1. The third kappa shape index (κ3) is 2.99. The lowest BCUT2D eigenvalue weighted by molar-refractivity contribution is 0.839. The highest BCUT2D eigenvalue weighted by Gasteiger charge is 2.19. The highest BCUT2D eigenvalue weighted by molar-refractivity contribution is 5.70. The number of imidazole rings is 1. The number of aromatic nitrogens is 5. The summed E-state index contributed by atoms with van der Waals surface area (Å²) >= 11 is 0. The molecule has 0 unspecified atom stereocenters. The van der Waals surface area contributed by atoms with Gasteiger partial charge in [0.05, 0.1) is 11.7 Å². The molecule has 28 heavy (non-hydrogen) atoms. The van der Waals surface area contributed by atoms with Crippen molar-refractivity contribution in [3.63, 3.8) is 0 Å². The monoisotopic (exact) mass is 370 g/mol. The predicted octanol–water partition coefficient (Wildman–Crippen LogP) is 3.12. The minimum Gasteiger partial charge on any atom is -0.382 e. The second-order valence-corrected chi connectivity index (χ2v) is 6.45. The van der Waals surface area contributed by atoms with Crippen LogP contribution in [0.5, 0.6) is 0 Å². The first-order valence-corrected chi connectivity index (χ1v) is 8.76. The summed E-state index contributed by atoms with van der Waals surface area (Å²) in [7, 11) is 0. The first-order valence-electron chi connectivity index (χ1n) is 8.76. The summed E-state index contributed by atoms with van der Waals surface area (Å²) in [6, 6.07) is 11.9. The summed E-state index contributed by atoms with van der Waals surface area (Å²) in [5.74, 6) is 0.537. The van der Waals surface area contributed by atoms with Crippen LogP contribution in [0.15, 0.2) is 49.1 Å². The Morgan fingerprint density at radius 2 is 2.04 bits per heavy atom. The fraction of sp³-hybridized carbons (Fsp3) is 0.150. The molecule has 1 aromatic carbocycles. The van der Waals surface area contributed by atoms with Crippen molar-refractivity contribution in [2.75, 3.05) is 11.1 Å². The van der Waals surface area contributed by atoms with Crippen LogP contribution in [0.25, 0.3) is 16.9 Å². The van der Waals surface area contributed by atoms with Crippen molar-refractivity contribution in [2.24, 2.45) is 0 Å². The molecule has 0 spiro atoms. The number of benzene rings is 1. The van der Waals surface area contributed by atoms with Crippen molar-refractivity contribution in [2.45, 2.75) is 19.9 Å². The molecule has 0 saturated heterocycles. The SMILES string of the molecule is Cc1ccccc1-c1nn2ccnc2cc1[C@H](C)Nc1ncnc(N)c1C#N. The van der Waals surface area contributed by atoms with Crippen LogP contribution in [0.1, 0.15) is 29.7 Å². The third-order valence-electron chi connectivity index (χ3n) is 4.62. The van der Waals surface area contributed by atoms with E-state index in [0.717, 1.165) is 28.0 Å². The molecule has 138 valence electrons. The van der Waals surface area contributed by atoms with Crippen LogP contribution in [-0.4, -0.2) is 24.6 Å². The molecule has 4 rings (SSSR count). The molecule has 3 heterocycles. The summed E-state index contributed by atoms with van der Waals surface area (Å²) in [4.78, 5) is 12.4. The highest BCUT2D eigenvalue weighted by atomic mass is 15.2. The second kappa shape index (κ2) is 6.96. The molecule has 0 bridgehead atoms. The van der Waals surface area contributed by atoms with E-state index in [-0.39, 0.29) is 17.4 Å². The van der Waals surface area contributed by atoms with Gasteiger partial charge in [0.25, 0.3) is 0 Å². The Hall–Kier alpha value is -3.99. The summed E-state index contributed by atoms with van der Waals surface area (Å²) in [6.45, 7) is 4.04. The minimum absolute atomic E-state index is 0.146. The van der Waals surface area contributed by atoms with Crippen molar-refractivity contribution in [3.8, 4) is 17.3 Å². The average molecular weight is 370 g/mol. The summed E-state index contributed by atoms with van der Waals surface area (Å²) in [5, 5.41) is 17.4. The lowest BCUT2D eigenvalue weighted by Gasteiger charge is -2.19. The number of hydrogen-bond acceptors (Lipinski definition) is 7. The smallest absolute Gasteiger partial charge is 0.153 e. The van der Waals surface area contributed by atoms with Crippen LogP contribution in [0.4, 0.5) is 11.6 Å². The fourth-order valence-corrected chi connectivity index (χ4v) is 3.15. The Balaban J connectivity index is 1.84. The van der Waals surface area contributed by atoms with E-state index in [2.05, 4.69) is 39.3 Å². The van der Waals surface area contributed by atoms with E-state index in [9.17, 15) is 5.26 Å². The molecular weight excluding hydrogens is 352 g/mol. The van der Waals surface area contributed by atoms with E-state index in [4.69, 9.17) is 10.8 Å². The standard InChI is InChI=1S/C20H18N8/c1-12-5-3-4-6-14(12)18-15(9-17-23-7-8-28(17)27-18)13(2)26-20-16(10-21)19(22)24-11-25-20/h3-9,11,13H,1-2H3,(H3,22,24,25,26)/t13-/m0/s1. The van der Waals surface area contributed by atoms with Crippen molar-refractivity contribution < 1.29 is 0 Å². The number of nitrogen functional groups attached to an aromatic ring is 1. The van der Waals surface area contributed by atoms with Crippen molar-refractivity contribution in [3.05, 3.63) is 65.7 Å². The van der Waals surface area contributed by atoms with Gasteiger partial charge in [-0.05, 0) is 25.5 Å². The average Bonchev–Trinajstić information content (AvgIpc) is 3.15. The van der Waals surface area contributed by atoms with E-state index in [0.29, 0.717) is 5.82 Å². The molecular formula is C20H18N8. The minimum atomic E-state index is -0.204. The number of nitrogens with one attached hydrogen (secondary N) is 1. The Morgan fingerprint density at radius 3 is 2.82 bits per heavy atom. The lowest BCUT2D eigenvalue weighted by Crippen LogP contribution is -2.14. The van der Waals surface area contributed by atoms with Gasteiger partial charge in [0.15, 0.2) is 5.65 Å². The lowest BCUT2D eigenvalue weighted by atomic mass is 9.98. The number of hydrogen-bond donors (Lipinski definition) is 2. The van der Waals surface area contributed by atoms with E-state index in [1.54, 1.807) is 10.7 Å². The number of rotatable bonds is 4. The molecule has 0 aliphatic heterocycles. The predicted molar refractivity (Wildman–Crippen MR) is 106 cm³/mol. The number of nitrogens with two attached hydrogens (primary N) is 1. The first-order chi connectivity index (χ1) is 13.6. The van der Waals surface area contributed by atoms with Gasteiger partial charge in [0.2, 0.25) is 0 Å². The molecule has 3 aromatic heterocycles. The van der Waals surface area contributed by atoms with Gasteiger partial charge in [-0.1, -0.05) is 24.3 Å². The number of anilines is 2. The van der Waals surface area contributed by atoms with E-state index < -0.39 is 0 Å². The first kappa shape index (κ1) is 17.4. The van der Waals surface area contributed by atoms with Gasteiger partial charge in [-0.2, -0.15) is 10.4 Å². The van der Waals surface area contributed by atoms with Crippen LogP contribution < -0.4 is 11.1 Å². The van der Waals surface area contributed by atoms with E-state index in [1.165, 1.54) is 6.33 Å². The number of aryl methyl sites for hydroxylation is 1. The van der Waals surface area contributed by atoms with Gasteiger partial charge >= 0.3 is 0 Å².